The first kappa shape index (κ1) is 21.3. The molecule has 0 spiro atoms. The number of carbonyl (C=O) groups is 1. The number of piperidine rings is 1. The molecule has 0 unspecified atom stereocenters. The van der Waals surface area contributed by atoms with Crippen molar-refractivity contribution in [1.82, 2.24) is 15.6 Å². The molecule has 2 aliphatic rings. The van der Waals surface area contributed by atoms with Crippen molar-refractivity contribution < 1.29 is 19.0 Å². The Labute approximate surface area is 175 Å². The summed E-state index contributed by atoms with van der Waals surface area (Å²) in [6.07, 6.45) is -0.888. The maximum absolute atomic E-state index is 13.3. The van der Waals surface area contributed by atoms with Crippen LogP contribution in [0.1, 0.15) is 19.4 Å². The Hall–Kier alpha value is -2.38. The van der Waals surface area contributed by atoms with Gasteiger partial charge in [-0.05, 0) is 35.9 Å². The van der Waals surface area contributed by atoms with Gasteiger partial charge in [0.05, 0.1) is 5.69 Å². The van der Waals surface area contributed by atoms with Crippen molar-refractivity contribution in [2.45, 2.75) is 25.4 Å². The lowest BCUT2D eigenvalue weighted by atomic mass is 9.84. The summed E-state index contributed by atoms with van der Waals surface area (Å²) in [7, 11) is 0. The van der Waals surface area contributed by atoms with E-state index in [0.717, 1.165) is 24.2 Å². The molecule has 4 rings (SSSR count). The van der Waals surface area contributed by atoms with Crippen molar-refractivity contribution in [1.29, 1.82) is 0 Å². The lowest BCUT2D eigenvalue weighted by Crippen LogP contribution is -2.36. The van der Waals surface area contributed by atoms with Gasteiger partial charge in [-0.3, -0.25) is 0 Å². The molecule has 1 aromatic heterocycles. The maximum atomic E-state index is 13.3. The molecule has 1 aromatic carbocycles. The van der Waals surface area contributed by atoms with Gasteiger partial charge in [0.25, 0.3) is 0 Å². The van der Waals surface area contributed by atoms with Gasteiger partial charge in [0, 0.05) is 48.5 Å². The summed E-state index contributed by atoms with van der Waals surface area (Å²) in [5.74, 6) is 1.28. The van der Waals surface area contributed by atoms with Crippen molar-refractivity contribution in [3.8, 4) is 17.1 Å². The fraction of sp³-hybridized carbons (Fsp3) is 0.429. The van der Waals surface area contributed by atoms with E-state index in [9.17, 15) is 9.18 Å². The first-order valence-electron chi connectivity index (χ1n) is 9.46. The molecule has 1 aliphatic carbocycles. The van der Waals surface area contributed by atoms with Crippen molar-refractivity contribution in [2.75, 3.05) is 19.6 Å². The molecular weight excluding hydrogens is 397 g/mol. The molecule has 1 saturated carbocycles. The molecule has 29 heavy (non-hydrogen) atoms. The number of rotatable bonds is 6. The predicted molar refractivity (Wildman–Crippen MR) is 110 cm³/mol. The Bertz CT molecular complexity index is 881. The highest BCUT2D eigenvalue weighted by molar-refractivity contribution is 5.85. The van der Waals surface area contributed by atoms with Crippen LogP contribution < -0.4 is 15.4 Å². The topological polar surface area (TPSA) is 83.5 Å². The SMILES string of the molecule is CC(C)(CNC(=O)O)c1cc(O[C@@H]2[C@@H]3CNC[C@@H]32)nc(-c2ccc(F)cc2)c1.Cl. The van der Waals surface area contributed by atoms with Gasteiger partial charge in [0.15, 0.2) is 0 Å². The number of halogens is 2. The van der Waals surface area contributed by atoms with Crippen LogP contribution in [0.15, 0.2) is 36.4 Å². The monoisotopic (exact) mass is 421 g/mol. The van der Waals surface area contributed by atoms with E-state index in [-0.39, 0.29) is 30.9 Å². The number of nitrogens with zero attached hydrogens (tertiary/aromatic N) is 1. The number of ether oxygens (including phenoxy) is 1. The average Bonchev–Trinajstić information content (AvgIpc) is 3.08. The number of nitrogens with one attached hydrogen (secondary N) is 2. The van der Waals surface area contributed by atoms with Gasteiger partial charge < -0.3 is 20.5 Å². The highest BCUT2D eigenvalue weighted by Crippen LogP contribution is 2.44. The second kappa shape index (κ2) is 8.16. The second-order valence-corrected chi connectivity index (χ2v) is 8.20. The van der Waals surface area contributed by atoms with E-state index in [1.54, 1.807) is 12.1 Å². The summed E-state index contributed by atoms with van der Waals surface area (Å²) in [5.41, 5.74) is 1.91. The van der Waals surface area contributed by atoms with E-state index < -0.39 is 11.5 Å². The number of aromatic nitrogens is 1. The first-order valence-corrected chi connectivity index (χ1v) is 9.46. The van der Waals surface area contributed by atoms with Crippen LogP contribution >= 0.6 is 12.4 Å². The number of pyridine rings is 1. The third-order valence-corrected chi connectivity index (χ3v) is 5.67. The summed E-state index contributed by atoms with van der Waals surface area (Å²) in [5, 5.41) is 14.8. The van der Waals surface area contributed by atoms with Crippen LogP contribution in [0.4, 0.5) is 9.18 Å². The minimum Gasteiger partial charge on any atom is -0.474 e. The predicted octanol–water partition coefficient (Wildman–Crippen LogP) is 3.45. The molecule has 2 aromatic rings. The lowest BCUT2D eigenvalue weighted by Gasteiger charge is -2.26. The number of hydrogen-bond donors (Lipinski definition) is 3. The largest absolute Gasteiger partial charge is 0.474 e. The Morgan fingerprint density at radius 2 is 1.93 bits per heavy atom. The zero-order valence-electron chi connectivity index (χ0n) is 16.3. The van der Waals surface area contributed by atoms with Crippen LogP contribution in [0.2, 0.25) is 0 Å². The molecule has 1 amide bonds. The summed E-state index contributed by atoms with van der Waals surface area (Å²) in [4.78, 5) is 15.6. The van der Waals surface area contributed by atoms with E-state index in [2.05, 4.69) is 15.6 Å². The normalized spacial score (nSPS) is 22.4. The zero-order valence-corrected chi connectivity index (χ0v) is 17.1. The molecule has 1 saturated heterocycles. The number of hydrogen-bond acceptors (Lipinski definition) is 4. The van der Waals surface area contributed by atoms with Crippen LogP contribution in [-0.2, 0) is 5.41 Å². The van der Waals surface area contributed by atoms with E-state index in [0.29, 0.717) is 23.4 Å². The molecule has 2 heterocycles. The van der Waals surface area contributed by atoms with E-state index in [4.69, 9.17) is 9.84 Å². The number of amides is 1. The first-order chi connectivity index (χ1) is 13.3. The Kier molecular flexibility index (Phi) is 6.00. The minimum absolute atomic E-state index is 0. The molecule has 0 radical (unpaired) electrons. The van der Waals surface area contributed by atoms with Crippen LogP contribution in [0, 0.1) is 17.7 Å². The van der Waals surface area contributed by atoms with Gasteiger partial charge >= 0.3 is 6.09 Å². The minimum atomic E-state index is -1.06. The van der Waals surface area contributed by atoms with E-state index in [1.165, 1.54) is 12.1 Å². The molecule has 3 atom stereocenters. The summed E-state index contributed by atoms with van der Waals surface area (Å²) in [6, 6.07) is 9.97. The Morgan fingerprint density at radius 1 is 1.28 bits per heavy atom. The molecule has 8 heteroatoms. The summed E-state index contributed by atoms with van der Waals surface area (Å²) in [6.45, 7) is 6.12. The van der Waals surface area contributed by atoms with Gasteiger partial charge in [-0.15, -0.1) is 12.4 Å². The molecular formula is C21H25ClFN3O3. The highest BCUT2D eigenvalue weighted by Gasteiger charge is 2.55. The molecule has 0 bridgehead atoms. The Balaban J connectivity index is 0.00000240. The zero-order chi connectivity index (χ0) is 19.9. The fourth-order valence-electron chi connectivity index (χ4n) is 3.80. The summed E-state index contributed by atoms with van der Waals surface area (Å²) < 4.78 is 19.5. The highest BCUT2D eigenvalue weighted by atomic mass is 35.5. The van der Waals surface area contributed by atoms with Crippen molar-refractivity contribution in [3.63, 3.8) is 0 Å². The molecule has 156 valence electrons. The van der Waals surface area contributed by atoms with Gasteiger partial charge in [0.2, 0.25) is 5.88 Å². The van der Waals surface area contributed by atoms with Crippen molar-refractivity contribution >= 4 is 18.5 Å². The maximum Gasteiger partial charge on any atom is 0.404 e. The third kappa shape index (κ3) is 4.62. The standard InChI is InChI=1S/C21H24FN3O3.ClH/c1-21(2,11-24-20(26)27)13-7-17(12-3-5-14(22)6-4-12)25-18(8-13)28-19-15-9-23-10-16(15)19;/h3-8,15-16,19,23-24H,9-11H2,1-2H3,(H,26,27);1H/t15-,16+,19-;. The smallest absolute Gasteiger partial charge is 0.404 e. The number of fused-ring (bicyclic) bond motifs is 1. The molecule has 1 aliphatic heterocycles. The van der Waals surface area contributed by atoms with Crippen molar-refractivity contribution in [2.24, 2.45) is 11.8 Å². The summed E-state index contributed by atoms with van der Waals surface area (Å²) >= 11 is 0. The van der Waals surface area contributed by atoms with Gasteiger partial charge in [0.1, 0.15) is 11.9 Å². The van der Waals surface area contributed by atoms with Crippen LogP contribution in [0.25, 0.3) is 11.3 Å². The molecule has 6 nitrogen and oxygen atoms in total. The van der Waals surface area contributed by atoms with Crippen LogP contribution in [0.3, 0.4) is 0 Å². The van der Waals surface area contributed by atoms with E-state index >= 15 is 0 Å². The van der Waals surface area contributed by atoms with Gasteiger partial charge in [-0.25, -0.2) is 14.2 Å². The lowest BCUT2D eigenvalue weighted by molar-refractivity contribution is 0.192. The Morgan fingerprint density at radius 3 is 2.55 bits per heavy atom. The van der Waals surface area contributed by atoms with Crippen molar-refractivity contribution in [3.05, 3.63) is 47.8 Å². The number of benzene rings is 1. The van der Waals surface area contributed by atoms with Gasteiger partial charge in [-0.2, -0.15) is 0 Å². The second-order valence-electron chi connectivity index (χ2n) is 8.20. The fourth-order valence-corrected chi connectivity index (χ4v) is 3.80. The molecule has 3 N–H and O–H groups in total. The third-order valence-electron chi connectivity index (χ3n) is 5.67. The molecule has 2 fully saturated rings. The quantitative estimate of drug-likeness (QED) is 0.665. The van der Waals surface area contributed by atoms with Crippen LogP contribution in [-0.4, -0.2) is 41.9 Å². The van der Waals surface area contributed by atoms with Gasteiger partial charge in [-0.1, -0.05) is 13.8 Å². The van der Waals surface area contributed by atoms with Crippen LogP contribution in [0.5, 0.6) is 5.88 Å². The average molecular weight is 422 g/mol. The number of carboxylic acid groups (broad SMARTS) is 1. The van der Waals surface area contributed by atoms with E-state index in [1.807, 2.05) is 26.0 Å².